The first-order chi connectivity index (χ1) is 8.74. The van der Waals surface area contributed by atoms with Crippen molar-refractivity contribution in [3.05, 3.63) is 29.0 Å². The first-order valence-electron chi connectivity index (χ1n) is 6.39. The van der Waals surface area contributed by atoms with Crippen molar-refractivity contribution in [2.75, 3.05) is 18.0 Å². The minimum atomic E-state index is 0. The summed E-state index contributed by atoms with van der Waals surface area (Å²) in [4.78, 5) is 11.2. The summed E-state index contributed by atoms with van der Waals surface area (Å²) in [6.45, 7) is 4.51. The van der Waals surface area contributed by atoms with Gasteiger partial charge in [0.2, 0.25) is 0 Å². The molecule has 1 aliphatic heterocycles. The van der Waals surface area contributed by atoms with Crippen LogP contribution < -0.4 is 17.3 Å². The van der Waals surface area contributed by atoms with Crippen molar-refractivity contribution in [3.63, 3.8) is 0 Å². The normalized spacial score (nSPS) is 19.3. The third kappa shape index (κ3) is 3.00. The van der Waals surface area contributed by atoms with Crippen LogP contribution in [-0.4, -0.2) is 23.1 Å². The fraction of sp³-hybridized carbons (Fsp3) is 0.429. The Kier molecular flexibility index (Phi) is 4.63. The third-order valence-corrected chi connectivity index (χ3v) is 4.03. The highest BCUT2D eigenvalue weighted by molar-refractivity contribution is 9.10. The SMILES string of the molecule is CC1CCCN(c2ncnc3ccc(Br)cc23)C1.[Cl-]. The van der Waals surface area contributed by atoms with Gasteiger partial charge >= 0.3 is 0 Å². The smallest absolute Gasteiger partial charge is 0.139 e. The van der Waals surface area contributed by atoms with Gasteiger partial charge in [0, 0.05) is 22.9 Å². The molecule has 1 aromatic carbocycles. The van der Waals surface area contributed by atoms with Gasteiger partial charge in [0.05, 0.1) is 5.52 Å². The van der Waals surface area contributed by atoms with E-state index in [9.17, 15) is 0 Å². The van der Waals surface area contributed by atoms with Crippen molar-refractivity contribution in [3.8, 4) is 0 Å². The number of aromatic nitrogens is 2. The zero-order chi connectivity index (χ0) is 12.5. The lowest BCUT2D eigenvalue weighted by molar-refractivity contribution is -0.00000372. The minimum Gasteiger partial charge on any atom is -1.00 e. The number of benzene rings is 1. The maximum Gasteiger partial charge on any atom is 0.139 e. The fourth-order valence-electron chi connectivity index (χ4n) is 2.65. The molecular formula is C14H16BrClN3-. The first-order valence-corrected chi connectivity index (χ1v) is 7.18. The second-order valence-electron chi connectivity index (χ2n) is 5.05. The Morgan fingerprint density at radius 1 is 1.32 bits per heavy atom. The standard InChI is InChI=1S/C14H16BrN3.ClH/c1-10-3-2-6-18(8-10)14-12-7-11(15)4-5-13(12)16-9-17-14;/h4-5,7,9-10H,2-3,6,8H2,1H3;1H/p-1. The highest BCUT2D eigenvalue weighted by atomic mass is 79.9. The van der Waals surface area contributed by atoms with Gasteiger partial charge in [-0.15, -0.1) is 0 Å². The number of rotatable bonds is 1. The lowest BCUT2D eigenvalue weighted by Crippen LogP contribution is -3.00. The predicted molar refractivity (Wildman–Crippen MR) is 77.8 cm³/mol. The summed E-state index contributed by atoms with van der Waals surface area (Å²) in [6, 6.07) is 6.18. The molecule has 19 heavy (non-hydrogen) atoms. The van der Waals surface area contributed by atoms with Crippen LogP contribution in [0.4, 0.5) is 5.82 Å². The molecule has 0 saturated carbocycles. The summed E-state index contributed by atoms with van der Waals surface area (Å²) in [5, 5.41) is 1.14. The Balaban J connectivity index is 0.00000133. The number of nitrogens with zero attached hydrogens (tertiary/aromatic N) is 3. The quantitative estimate of drug-likeness (QED) is 0.762. The molecule has 0 spiro atoms. The van der Waals surface area contributed by atoms with Crippen molar-refractivity contribution < 1.29 is 12.4 Å². The van der Waals surface area contributed by atoms with Crippen molar-refractivity contribution in [1.82, 2.24) is 9.97 Å². The van der Waals surface area contributed by atoms with Crippen LogP contribution in [0.15, 0.2) is 29.0 Å². The largest absolute Gasteiger partial charge is 1.00 e. The number of halogens is 2. The number of hydrogen-bond acceptors (Lipinski definition) is 3. The van der Waals surface area contributed by atoms with Crippen LogP contribution in [0.1, 0.15) is 19.8 Å². The molecule has 0 radical (unpaired) electrons. The van der Waals surface area contributed by atoms with E-state index in [-0.39, 0.29) is 12.4 Å². The maximum absolute atomic E-state index is 4.50. The van der Waals surface area contributed by atoms with Crippen LogP contribution >= 0.6 is 15.9 Å². The van der Waals surface area contributed by atoms with Gasteiger partial charge in [0.1, 0.15) is 12.1 Å². The van der Waals surface area contributed by atoms with Crippen LogP contribution in [0.5, 0.6) is 0 Å². The molecular weight excluding hydrogens is 326 g/mol. The van der Waals surface area contributed by atoms with Crippen molar-refractivity contribution >= 4 is 32.7 Å². The van der Waals surface area contributed by atoms with Crippen LogP contribution in [-0.2, 0) is 0 Å². The molecule has 1 unspecified atom stereocenters. The Morgan fingerprint density at radius 2 is 2.16 bits per heavy atom. The molecule has 1 fully saturated rings. The van der Waals surface area contributed by atoms with Gasteiger partial charge in [0.15, 0.2) is 0 Å². The Bertz CT molecular complexity index is 576. The molecule has 2 heterocycles. The summed E-state index contributed by atoms with van der Waals surface area (Å²) in [6.07, 6.45) is 4.24. The zero-order valence-electron chi connectivity index (χ0n) is 10.8. The molecule has 0 amide bonds. The second-order valence-corrected chi connectivity index (χ2v) is 5.97. The van der Waals surface area contributed by atoms with E-state index in [2.05, 4.69) is 43.8 Å². The van der Waals surface area contributed by atoms with E-state index in [0.29, 0.717) is 0 Å². The molecule has 0 aliphatic carbocycles. The molecule has 1 atom stereocenters. The lowest BCUT2D eigenvalue weighted by Gasteiger charge is -2.32. The molecule has 1 aromatic heterocycles. The highest BCUT2D eigenvalue weighted by Crippen LogP contribution is 2.29. The van der Waals surface area contributed by atoms with Gasteiger partial charge in [-0.25, -0.2) is 9.97 Å². The van der Waals surface area contributed by atoms with Crippen LogP contribution in [0.3, 0.4) is 0 Å². The lowest BCUT2D eigenvalue weighted by atomic mass is 10.00. The first kappa shape index (κ1) is 14.5. The van der Waals surface area contributed by atoms with Gasteiger partial charge in [0.25, 0.3) is 0 Å². The van der Waals surface area contributed by atoms with E-state index in [1.165, 1.54) is 12.8 Å². The molecule has 0 N–H and O–H groups in total. The Labute approximate surface area is 128 Å². The topological polar surface area (TPSA) is 29.0 Å². The van der Waals surface area contributed by atoms with E-state index >= 15 is 0 Å². The summed E-state index contributed by atoms with van der Waals surface area (Å²) in [7, 11) is 0. The average molecular weight is 342 g/mol. The number of anilines is 1. The molecule has 3 rings (SSSR count). The highest BCUT2D eigenvalue weighted by Gasteiger charge is 2.19. The second kappa shape index (κ2) is 6.06. The van der Waals surface area contributed by atoms with E-state index in [0.717, 1.165) is 40.2 Å². The number of fused-ring (bicyclic) bond motifs is 1. The Morgan fingerprint density at radius 3 is 2.95 bits per heavy atom. The van der Waals surface area contributed by atoms with E-state index in [4.69, 9.17) is 0 Å². The van der Waals surface area contributed by atoms with Gasteiger partial charge in [-0.2, -0.15) is 0 Å². The summed E-state index contributed by atoms with van der Waals surface area (Å²) < 4.78 is 1.08. The molecule has 3 nitrogen and oxygen atoms in total. The van der Waals surface area contributed by atoms with Gasteiger partial charge in [-0.1, -0.05) is 22.9 Å². The van der Waals surface area contributed by atoms with Crippen LogP contribution in [0, 0.1) is 5.92 Å². The number of piperidine rings is 1. The minimum absolute atomic E-state index is 0. The fourth-order valence-corrected chi connectivity index (χ4v) is 3.01. The zero-order valence-corrected chi connectivity index (χ0v) is 13.2. The van der Waals surface area contributed by atoms with E-state index in [1.807, 2.05) is 12.1 Å². The van der Waals surface area contributed by atoms with E-state index in [1.54, 1.807) is 6.33 Å². The third-order valence-electron chi connectivity index (χ3n) is 3.53. The summed E-state index contributed by atoms with van der Waals surface area (Å²) in [5.41, 5.74) is 1.02. The molecule has 1 saturated heterocycles. The van der Waals surface area contributed by atoms with Gasteiger partial charge in [-0.05, 0) is 37.0 Å². The molecule has 1 aliphatic rings. The van der Waals surface area contributed by atoms with E-state index < -0.39 is 0 Å². The van der Waals surface area contributed by atoms with Gasteiger partial charge in [-0.3, -0.25) is 0 Å². The molecule has 2 aromatic rings. The number of hydrogen-bond donors (Lipinski definition) is 0. The molecule has 0 bridgehead atoms. The van der Waals surface area contributed by atoms with Crippen molar-refractivity contribution in [2.24, 2.45) is 5.92 Å². The maximum atomic E-state index is 4.50. The Hall–Kier alpha value is -0.870. The monoisotopic (exact) mass is 340 g/mol. The van der Waals surface area contributed by atoms with Crippen molar-refractivity contribution in [1.29, 1.82) is 0 Å². The summed E-state index contributed by atoms with van der Waals surface area (Å²) >= 11 is 3.53. The summed E-state index contributed by atoms with van der Waals surface area (Å²) in [5.74, 6) is 1.82. The van der Waals surface area contributed by atoms with Crippen LogP contribution in [0.2, 0.25) is 0 Å². The average Bonchev–Trinajstić information content (AvgIpc) is 2.38. The van der Waals surface area contributed by atoms with Crippen LogP contribution in [0.25, 0.3) is 10.9 Å². The van der Waals surface area contributed by atoms with Gasteiger partial charge < -0.3 is 17.3 Å². The molecule has 5 heteroatoms. The molecule has 102 valence electrons. The van der Waals surface area contributed by atoms with Crippen molar-refractivity contribution in [2.45, 2.75) is 19.8 Å². The predicted octanol–water partition coefficient (Wildman–Crippen LogP) is 0.633.